The Morgan fingerprint density at radius 2 is 1.82 bits per heavy atom. The molecule has 0 radical (unpaired) electrons. The maximum absolute atomic E-state index is 12.7. The first-order valence-corrected chi connectivity index (χ1v) is 6.45. The van der Waals surface area contributed by atoms with Gasteiger partial charge in [0.1, 0.15) is 0 Å². The summed E-state index contributed by atoms with van der Waals surface area (Å²) >= 11 is 0. The van der Waals surface area contributed by atoms with E-state index in [0.717, 1.165) is 25.9 Å². The van der Waals surface area contributed by atoms with E-state index in [2.05, 4.69) is 5.32 Å². The zero-order valence-corrected chi connectivity index (χ0v) is 9.79. The lowest BCUT2D eigenvalue weighted by atomic mass is 9.79. The van der Waals surface area contributed by atoms with Crippen LogP contribution in [0.5, 0.6) is 0 Å². The van der Waals surface area contributed by atoms with Gasteiger partial charge in [-0.15, -0.1) is 0 Å². The Bertz CT molecular complexity index is 310. The van der Waals surface area contributed by atoms with E-state index in [4.69, 9.17) is 0 Å². The first kappa shape index (κ1) is 11.4. The molecule has 2 unspecified atom stereocenters. The van der Waals surface area contributed by atoms with Gasteiger partial charge in [-0.1, -0.05) is 0 Å². The van der Waals surface area contributed by atoms with Crippen molar-refractivity contribution in [2.24, 2.45) is 5.92 Å². The first-order valence-electron chi connectivity index (χ1n) is 6.45. The highest BCUT2D eigenvalue weighted by Crippen LogP contribution is 2.44. The maximum Gasteiger partial charge on any atom is 0.248 e. The molecule has 0 aromatic heterocycles. The Balaban J connectivity index is 1.56. The van der Waals surface area contributed by atoms with E-state index in [-0.39, 0.29) is 24.7 Å². The van der Waals surface area contributed by atoms with Crippen LogP contribution in [0, 0.1) is 5.92 Å². The maximum atomic E-state index is 12.7. The number of alkyl halides is 2. The van der Waals surface area contributed by atoms with Crippen molar-refractivity contribution in [1.29, 1.82) is 0 Å². The predicted octanol–water partition coefficient (Wildman–Crippen LogP) is 1.38. The van der Waals surface area contributed by atoms with Crippen LogP contribution in [0.15, 0.2) is 0 Å². The van der Waals surface area contributed by atoms with Crippen molar-refractivity contribution in [3.63, 3.8) is 0 Å². The summed E-state index contributed by atoms with van der Waals surface area (Å²) in [6.07, 6.45) is 2.25. The minimum atomic E-state index is -2.51. The van der Waals surface area contributed by atoms with Crippen molar-refractivity contribution >= 4 is 5.91 Å². The van der Waals surface area contributed by atoms with E-state index in [1.165, 1.54) is 0 Å². The van der Waals surface area contributed by atoms with Crippen molar-refractivity contribution in [2.45, 2.75) is 50.1 Å². The van der Waals surface area contributed by atoms with Gasteiger partial charge in [0.25, 0.3) is 0 Å². The zero-order valence-electron chi connectivity index (χ0n) is 9.79. The average molecular weight is 244 g/mol. The van der Waals surface area contributed by atoms with Crippen LogP contribution in [0.25, 0.3) is 0 Å². The van der Waals surface area contributed by atoms with E-state index in [1.54, 1.807) is 0 Å². The molecule has 5 heteroatoms. The number of nitrogens with one attached hydrogen (secondary N) is 1. The molecule has 3 fully saturated rings. The van der Waals surface area contributed by atoms with Crippen molar-refractivity contribution in [2.75, 3.05) is 13.1 Å². The number of carbonyl (C=O) groups is 1. The number of hydrogen-bond donors (Lipinski definition) is 1. The molecule has 2 saturated heterocycles. The van der Waals surface area contributed by atoms with Gasteiger partial charge in [-0.25, -0.2) is 8.78 Å². The Kier molecular flexibility index (Phi) is 2.61. The third kappa shape index (κ3) is 2.05. The SMILES string of the molecule is O=C(CC1CC(F)(F)C1)N1C2CCC1CNC2. The molecule has 0 aromatic rings. The summed E-state index contributed by atoms with van der Waals surface area (Å²) in [7, 11) is 0. The van der Waals surface area contributed by atoms with Gasteiger partial charge in [-0.05, 0) is 18.8 Å². The summed E-state index contributed by atoms with van der Waals surface area (Å²) in [5.74, 6) is -2.50. The summed E-state index contributed by atoms with van der Waals surface area (Å²) in [5.41, 5.74) is 0. The van der Waals surface area contributed by atoms with E-state index in [9.17, 15) is 13.6 Å². The van der Waals surface area contributed by atoms with Crippen LogP contribution >= 0.6 is 0 Å². The van der Waals surface area contributed by atoms with Crippen LogP contribution in [0.2, 0.25) is 0 Å². The van der Waals surface area contributed by atoms with Crippen LogP contribution in [0.4, 0.5) is 8.78 Å². The summed E-state index contributed by atoms with van der Waals surface area (Å²) in [5, 5.41) is 3.31. The predicted molar refractivity (Wildman–Crippen MR) is 58.8 cm³/mol. The third-order valence-corrected chi connectivity index (χ3v) is 4.31. The fourth-order valence-electron chi connectivity index (χ4n) is 3.47. The summed E-state index contributed by atoms with van der Waals surface area (Å²) in [6.45, 7) is 1.73. The van der Waals surface area contributed by atoms with Crippen LogP contribution in [-0.4, -0.2) is 41.9 Å². The lowest BCUT2D eigenvalue weighted by Crippen LogP contribution is -2.55. The van der Waals surface area contributed by atoms with Gasteiger partial charge in [-0.3, -0.25) is 4.79 Å². The van der Waals surface area contributed by atoms with Gasteiger partial charge in [0.2, 0.25) is 11.8 Å². The first-order chi connectivity index (χ1) is 8.05. The summed E-state index contributed by atoms with van der Waals surface area (Å²) in [6, 6.07) is 0.615. The molecule has 17 heavy (non-hydrogen) atoms. The fraction of sp³-hybridized carbons (Fsp3) is 0.917. The molecule has 0 aromatic carbocycles. The fourth-order valence-corrected chi connectivity index (χ4v) is 3.47. The van der Waals surface area contributed by atoms with Gasteiger partial charge in [0.05, 0.1) is 0 Å². The largest absolute Gasteiger partial charge is 0.334 e. The molecule has 1 aliphatic carbocycles. The molecule has 3 rings (SSSR count). The molecule has 1 amide bonds. The van der Waals surface area contributed by atoms with Gasteiger partial charge >= 0.3 is 0 Å². The van der Waals surface area contributed by atoms with E-state index < -0.39 is 5.92 Å². The van der Waals surface area contributed by atoms with Crippen LogP contribution < -0.4 is 5.32 Å². The van der Waals surface area contributed by atoms with Gasteiger partial charge in [-0.2, -0.15) is 0 Å². The Morgan fingerprint density at radius 3 is 2.35 bits per heavy atom. The van der Waals surface area contributed by atoms with Crippen LogP contribution in [0.3, 0.4) is 0 Å². The standard InChI is InChI=1S/C12H18F2N2O/c13-12(14)4-8(5-12)3-11(17)16-9-1-2-10(16)7-15-6-9/h8-10,15H,1-7H2. The van der Waals surface area contributed by atoms with Gasteiger partial charge in [0.15, 0.2) is 0 Å². The highest BCUT2D eigenvalue weighted by molar-refractivity contribution is 5.78. The van der Waals surface area contributed by atoms with Gasteiger partial charge in [0, 0.05) is 44.4 Å². The monoisotopic (exact) mass is 244 g/mol. The number of carbonyl (C=O) groups excluding carboxylic acids is 1. The third-order valence-electron chi connectivity index (χ3n) is 4.31. The van der Waals surface area contributed by atoms with Crippen LogP contribution in [0.1, 0.15) is 32.1 Å². The molecule has 2 bridgehead atoms. The average Bonchev–Trinajstić information content (AvgIpc) is 2.46. The number of halogens is 2. The van der Waals surface area contributed by atoms with Crippen molar-refractivity contribution in [3.8, 4) is 0 Å². The topological polar surface area (TPSA) is 32.3 Å². The summed E-state index contributed by atoms with van der Waals surface area (Å²) in [4.78, 5) is 14.1. The lowest BCUT2D eigenvalue weighted by Gasteiger charge is -2.39. The molecule has 2 heterocycles. The van der Waals surface area contributed by atoms with Crippen molar-refractivity contribution in [1.82, 2.24) is 10.2 Å². The molecule has 96 valence electrons. The number of rotatable bonds is 2. The molecule has 0 spiro atoms. The quantitative estimate of drug-likeness (QED) is 0.796. The minimum Gasteiger partial charge on any atom is -0.334 e. The molecule has 3 aliphatic rings. The van der Waals surface area contributed by atoms with Gasteiger partial charge < -0.3 is 10.2 Å². The number of piperazine rings is 1. The zero-order chi connectivity index (χ0) is 12.0. The number of fused-ring (bicyclic) bond motifs is 2. The highest BCUT2D eigenvalue weighted by Gasteiger charge is 2.47. The van der Waals surface area contributed by atoms with E-state index >= 15 is 0 Å². The lowest BCUT2D eigenvalue weighted by molar-refractivity contribution is -0.145. The molecular formula is C12H18F2N2O. The molecule has 2 aliphatic heterocycles. The molecule has 2 atom stereocenters. The second kappa shape index (κ2) is 3.90. The highest BCUT2D eigenvalue weighted by atomic mass is 19.3. The van der Waals surface area contributed by atoms with Crippen LogP contribution in [-0.2, 0) is 4.79 Å². The Morgan fingerprint density at radius 1 is 1.24 bits per heavy atom. The van der Waals surface area contributed by atoms with Crippen molar-refractivity contribution < 1.29 is 13.6 Å². The second-order valence-corrected chi connectivity index (χ2v) is 5.68. The number of nitrogens with zero attached hydrogens (tertiary/aromatic N) is 1. The molecular weight excluding hydrogens is 226 g/mol. The molecule has 3 nitrogen and oxygen atoms in total. The Hall–Kier alpha value is -0.710. The summed E-state index contributed by atoms with van der Waals surface area (Å²) < 4.78 is 25.4. The normalized spacial score (nSPS) is 35.8. The van der Waals surface area contributed by atoms with Crippen molar-refractivity contribution in [3.05, 3.63) is 0 Å². The smallest absolute Gasteiger partial charge is 0.248 e. The molecule has 1 N–H and O–H groups in total. The Labute approximate surface area is 99.5 Å². The van der Waals surface area contributed by atoms with E-state index in [1.807, 2.05) is 4.90 Å². The van der Waals surface area contributed by atoms with E-state index in [0.29, 0.717) is 18.5 Å². The molecule has 1 saturated carbocycles. The minimum absolute atomic E-state index is 0.0909. The number of hydrogen-bond acceptors (Lipinski definition) is 2. The second-order valence-electron chi connectivity index (χ2n) is 5.68. The number of amides is 1.